The summed E-state index contributed by atoms with van der Waals surface area (Å²) in [5.41, 5.74) is 0. The van der Waals surface area contributed by atoms with Gasteiger partial charge in [-0.2, -0.15) is 0 Å². The van der Waals surface area contributed by atoms with Crippen LogP contribution in [0.5, 0.6) is 0 Å². The molecule has 1 aliphatic rings. The molecule has 2 amide bonds. The predicted molar refractivity (Wildman–Crippen MR) is 61.9 cm³/mol. The molecule has 1 fully saturated rings. The van der Waals surface area contributed by atoms with Gasteiger partial charge in [-0.3, -0.25) is 9.59 Å². The lowest BCUT2D eigenvalue weighted by Gasteiger charge is -2.11. The highest BCUT2D eigenvalue weighted by Crippen LogP contribution is 2.18. The SMILES string of the molecule is CNCC(C)C(=O)NCCC(=O)NC1CC1. The van der Waals surface area contributed by atoms with Crippen molar-refractivity contribution in [1.29, 1.82) is 0 Å². The van der Waals surface area contributed by atoms with Crippen molar-refractivity contribution in [1.82, 2.24) is 16.0 Å². The molecule has 0 aromatic heterocycles. The molecule has 0 spiro atoms. The largest absolute Gasteiger partial charge is 0.355 e. The first-order valence-corrected chi connectivity index (χ1v) is 5.85. The first kappa shape index (κ1) is 13.0. The van der Waals surface area contributed by atoms with Gasteiger partial charge in [-0.05, 0) is 19.9 Å². The summed E-state index contributed by atoms with van der Waals surface area (Å²) in [4.78, 5) is 22.8. The normalized spacial score (nSPS) is 16.6. The zero-order valence-corrected chi connectivity index (χ0v) is 10.0. The van der Waals surface area contributed by atoms with Crippen LogP contribution in [-0.4, -0.2) is 38.0 Å². The molecule has 0 aromatic rings. The molecule has 1 rings (SSSR count). The van der Waals surface area contributed by atoms with Crippen LogP contribution in [0, 0.1) is 5.92 Å². The molecular weight excluding hydrogens is 206 g/mol. The van der Waals surface area contributed by atoms with Gasteiger partial charge in [0.15, 0.2) is 0 Å². The Morgan fingerprint density at radius 3 is 2.62 bits per heavy atom. The Bertz CT molecular complexity index is 252. The van der Waals surface area contributed by atoms with Crippen LogP contribution < -0.4 is 16.0 Å². The van der Waals surface area contributed by atoms with Crippen molar-refractivity contribution in [2.45, 2.75) is 32.2 Å². The summed E-state index contributed by atoms with van der Waals surface area (Å²) in [6.45, 7) is 2.93. The van der Waals surface area contributed by atoms with Gasteiger partial charge < -0.3 is 16.0 Å². The summed E-state index contributed by atoms with van der Waals surface area (Å²) in [5, 5.41) is 8.57. The molecule has 92 valence electrons. The summed E-state index contributed by atoms with van der Waals surface area (Å²) in [6, 6.07) is 0.395. The highest BCUT2D eigenvalue weighted by molar-refractivity contribution is 5.80. The van der Waals surface area contributed by atoms with Crippen molar-refractivity contribution >= 4 is 11.8 Å². The van der Waals surface area contributed by atoms with Crippen LogP contribution in [0.1, 0.15) is 26.2 Å². The molecule has 3 N–H and O–H groups in total. The Hall–Kier alpha value is -1.10. The molecule has 0 radical (unpaired) electrons. The highest BCUT2D eigenvalue weighted by atomic mass is 16.2. The molecule has 1 unspecified atom stereocenters. The van der Waals surface area contributed by atoms with Crippen LogP contribution in [0.25, 0.3) is 0 Å². The molecular formula is C11H21N3O2. The second-order valence-corrected chi connectivity index (χ2v) is 4.34. The number of amides is 2. The van der Waals surface area contributed by atoms with Crippen LogP contribution in [-0.2, 0) is 9.59 Å². The molecule has 0 aliphatic heterocycles. The Morgan fingerprint density at radius 2 is 2.06 bits per heavy atom. The third kappa shape index (κ3) is 5.11. The zero-order chi connectivity index (χ0) is 12.0. The Balaban J connectivity index is 2.04. The number of hydrogen-bond donors (Lipinski definition) is 3. The van der Waals surface area contributed by atoms with Crippen molar-refractivity contribution in [2.24, 2.45) is 5.92 Å². The van der Waals surface area contributed by atoms with E-state index >= 15 is 0 Å². The Kier molecular flexibility index (Phi) is 5.25. The quantitative estimate of drug-likeness (QED) is 0.555. The molecule has 16 heavy (non-hydrogen) atoms. The van der Waals surface area contributed by atoms with Crippen LogP contribution >= 0.6 is 0 Å². The fourth-order valence-corrected chi connectivity index (χ4v) is 1.40. The number of nitrogens with one attached hydrogen (secondary N) is 3. The second-order valence-electron chi connectivity index (χ2n) is 4.34. The van der Waals surface area contributed by atoms with Crippen molar-refractivity contribution in [2.75, 3.05) is 20.1 Å². The minimum Gasteiger partial charge on any atom is -0.355 e. The molecule has 0 heterocycles. The summed E-state index contributed by atoms with van der Waals surface area (Å²) < 4.78 is 0. The Morgan fingerprint density at radius 1 is 1.38 bits per heavy atom. The number of carbonyl (C=O) groups is 2. The van der Waals surface area contributed by atoms with Gasteiger partial charge in [-0.25, -0.2) is 0 Å². The fraction of sp³-hybridized carbons (Fsp3) is 0.818. The van der Waals surface area contributed by atoms with Gasteiger partial charge in [-0.1, -0.05) is 6.92 Å². The predicted octanol–water partition coefficient (Wildman–Crippen LogP) is -0.373. The summed E-state index contributed by atoms with van der Waals surface area (Å²) in [7, 11) is 1.81. The van der Waals surface area contributed by atoms with Gasteiger partial charge in [-0.15, -0.1) is 0 Å². The van der Waals surface area contributed by atoms with E-state index in [4.69, 9.17) is 0 Å². The number of rotatable bonds is 7. The van der Waals surface area contributed by atoms with Crippen LogP contribution in [0.3, 0.4) is 0 Å². The minimum absolute atomic E-state index is 0.00595. The van der Waals surface area contributed by atoms with E-state index in [1.54, 1.807) is 0 Å². The van der Waals surface area contributed by atoms with E-state index in [2.05, 4.69) is 16.0 Å². The third-order valence-electron chi connectivity index (χ3n) is 2.55. The summed E-state index contributed by atoms with van der Waals surface area (Å²) in [5.74, 6) is -0.0332. The van der Waals surface area contributed by atoms with Crippen molar-refractivity contribution in [3.63, 3.8) is 0 Å². The van der Waals surface area contributed by atoms with E-state index in [-0.39, 0.29) is 17.7 Å². The molecule has 0 bridgehead atoms. The average Bonchev–Trinajstić information content (AvgIpc) is 3.01. The van der Waals surface area contributed by atoms with E-state index in [0.717, 1.165) is 12.8 Å². The van der Waals surface area contributed by atoms with E-state index in [1.165, 1.54) is 0 Å². The second kappa shape index (κ2) is 6.48. The van der Waals surface area contributed by atoms with Gasteiger partial charge >= 0.3 is 0 Å². The molecule has 1 atom stereocenters. The first-order chi connectivity index (χ1) is 7.63. The number of hydrogen-bond acceptors (Lipinski definition) is 3. The van der Waals surface area contributed by atoms with Crippen molar-refractivity contribution < 1.29 is 9.59 Å². The van der Waals surface area contributed by atoms with Gasteiger partial charge in [0, 0.05) is 31.5 Å². The maximum absolute atomic E-state index is 11.5. The highest BCUT2D eigenvalue weighted by Gasteiger charge is 2.22. The number of carbonyl (C=O) groups excluding carboxylic acids is 2. The molecule has 0 saturated heterocycles. The molecule has 1 saturated carbocycles. The summed E-state index contributed by atoms with van der Waals surface area (Å²) in [6.07, 6.45) is 2.56. The van der Waals surface area contributed by atoms with Crippen LogP contribution in [0.2, 0.25) is 0 Å². The maximum atomic E-state index is 11.5. The molecule has 1 aliphatic carbocycles. The zero-order valence-electron chi connectivity index (χ0n) is 10.0. The van der Waals surface area contributed by atoms with Gasteiger partial charge in [0.1, 0.15) is 0 Å². The van der Waals surface area contributed by atoms with E-state index in [1.807, 2.05) is 14.0 Å². The average molecular weight is 227 g/mol. The van der Waals surface area contributed by atoms with E-state index < -0.39 is 0 Å². The van der Waals surface area contributed by atoms with Gasteiger partial charge in [0.2, 0.25) is 11.8 Å². The monoisotopic (exact) mass is 227 g/mol. The fourth-order valence-electron chi connectivity index (χ4n) is 1.40. The smallest absolute Gasteiger partial charge is 0.224 e. The summed E-state index contributed by atoms with van der Waals surface area (Å²) >= 11 is 0. The first-order valence-electron chi connectivity index (χ1n) is 5.85. The molecule has 5 nitrogen and oxygen atoms in total. The molecule has 0 aromatic carbocycles. The Labute approximate surface area is 96.4 Å². The van der Waals surface area contributed by atoms with Gasteiger partial charge in [0.05, 0.1) is 0 Å². The standard InChI is InChI=1S/C11H21N3O2/c1-8(7-12-2)11(16)13-6-5-10(15)14-9-3-4-9/h8-9,12H,3-7H2,1-2H3,(H,13,16)(H,14,15). The molecule has 5 heteroatoms. The van der Waals surface area contributed by atoms with Gasteiger partial charge in [0.25, 0.3) is 0 Å². The topological polar surface area (TPSA) is 70.2 Å². The van der Waals surface area contributed by atoms with Crippen LogP contribution in [0.4, 0.5) is 0 Å². The van der Waals surface area contributed by atoms with Crippen LogP contribution in [0.15, 0.2) is 0 Å². The minimum atomic E-state index is -0.0588. The third-order valence-corrected chi connectivity index (χ3v) is 2.55. The lowest BCUT2D eigenvalue weighted by molar-refractivity contribution is -0.124. The van der Waals surface area contributed by atoms with Crippen molar-refractivity contribution in [3.8, 4) is 0 Å². The van der Waals surface area contributed by atoms with Crippen molar-refractivity contribution in [3.05, 3.63) is 0 Å². The lowest BCUT2D eigenvalue weighted by atomic mass is 10.1. The lowest BCUT2D eigenvalue weighted by Crippen LogP contribution is -2.37. The maximum Gasteiger partial charge on any atom is 0.224 e. The van der Waals surface area contributed by atoms with E-state index in [9.17, 15) is 9.59 Å². The van der Waals surface area contributed by atoms with E-state index in [0.29, 0.717) is 25.6 Å².